The summed E-state index contributed by atoms with van der Waals surface area (Å²) in [5.41, 5.74) is 0.840. The minimum Gasteiger partial charge on any atom is -0.248 e. The average molecular weight is 384 g/mol. The molecule has 9 heteroatoms. The van der Waals surface area contributed by atoms with Crippen LogP contribution in [0.5, 0.6) is 0 Å². The van der Waals surface area contributed by atoms with E-state index in [4.69, 9.17) is 0 Å². The fourth-order valence-corrected chi connectivity index (χ4v) is 4.24. The zero-order valence-corrected chi connectivity index (χ0v) is 15.7. The summed E-state index contributed by atoms with van der Waals surface area (Å²) in [6.07, 6.45) is 4.84. The number of sulfonamides is 1. The number of hydrogen-bond acceptors (Lipinski definition) is 6. The number of benzene rings is 1. The van der Waals surface area contributed by atoms with Crippen molar-refractivity contribution >= 4 is 10.0 Å². The van der Waals surface area contributed by atoms with Crippen molar-refractivity contribution < 1.29 is 8.42 Å². The second kappa shape index (κ2) is 7.16. The van der Waals surface area contributed by atoms with E-state index >= 15 is 0 Å². The first-order valence-electron chi connectivity index (χ1n) is 8.87. The fourth-order valence-electron chi connectivity index (χ4n) is 3.09. The number of rotatable bonds is 5. The Labute approximate surface area is 157 Å². The van der Waals surface area contributed by atoms with Crippen molar-refractivity contribution in [2.24, 2.45) is 0 Å². The molecule has 3 aromatic rings. The standard InChI is InChI=1S/C18H20N6O2S/c1-2-16-21-17-9-8-14(12-24(17)22-16)23-27(25,26)15-10-19-18(20-11-15)13-6-4-3-5-7-13/h3-7,10-11,14,23H,2,8-9,12H2,1H3. The molecule has 4 rings (SSSR count). The summed E-state index contributed by atoms with van der Waals surface area (Å²) < 4.78 is 29.9. The summed E-state index contributed by atoms with van der Waals surface area (Å²) >= 11 is 0. The Bertz CT molecular complexity index is 1030. The molecule has 8 nitrogen and oxygen atoms in total. The number of nitrogens with one attached hydrogen (secondary N) is 1. The molecule has 0 radical (unpaired) electrons. The van der Waals surface area contributed by atoms with E-state index in [2.05, 4.69) is 24.8 Å². The van der Waals surface area contributed by atoms with Crippen molar-refractivity contribution in [1.82, 2.24) is 29.5 Å². The van der Waals surface area contributed by atoms with Gasteiger partial charge in [-0.15, -0.1) is 0 Å². The molecule has 1 atom stereocenters. The average Bonchev–Trinajstić information content (AvgIpc) is 3.11. The molecule has 1 aromatic carbocycles. The molecule has 1 unspecified atom stereocenters. The van der Waals surface area contributed by atoms with Crippen LogP contribution in [0.15, 0.2) is 47.6 Å². The summed E-state index contributed by atoms with van der Waals surface area (Å²) in [6.45, 7) is 2.48. The lowest BCUT2D eigenvalue weighted by molar-refractivity contribution is 0.394. The SMILES string of the molecule is CCc1nc2n(n1)CC(NS(=O)(=O)c1cnc(-c3ccccc3)nc1)CC2. The Morgan fingerprint density at radius 2 is 1.93 bits per heavy atom. The smallest absolute Gasteiger partial charge is 0.243 e. The summed E-state index contributed by atoms with van der Waals surface area (Å²) in [4.78, 5) is 12.9. The topological polar surface area (TPSA) is 103 Å². The normalized spacial score (nSPS) is 16.9. The molecule has 0 bridgehead atoms. The Morgan fingerprint density at radius 3 is 2.63 bits per heavy atom. The number of aromatic nitrogens is 5. The lowest BCUT2D eigenvalue weighted by Gasteiger charge is -2.23. The molecule has 0 aliphatic carbocycles. The summed E-state index contributed by atoms with van der Waals surface area (Å²) in [7, 11) is -3.70. The first kappa shape index (κ1) is 17.7. The molecule has 27 heavy (non-hydrogen) atoms. The van der Waals surface area contributed by atoms with Crippen LogP contribution in [-0.4, -0.2) is 39.2 Å². The Hall–Kier alpha value is -2.65. The number of hydrogen-bond donors (Lipinski definition) is 1. The van der Waals surface area contributed by atoms with Gasteiger partial charge in [-0.2, -0.15) is 5.10 Å². The van der Waals surface area contributed by atoms with Crippen LogP contribution in [0.3, 0.4) is 0 Å². The van der Waals surface area contributed by atoms with Crippen molar-refractivity contribution in [2.75, 3.05) is 0 Å². The van der Waals surface area contributed by atoms with Gasteiger partial charge in [-0.25, -0.2) is 32.8 Å². The van der Waals surface area contributed by atoms with E-state index in [1.807, 2.05) is 37.3 Å². The lowest BCUT2D eigenvalue weighted by atomic mass is 10.1. The number of nitrogens with zero attached hydrogens (tertiary/aromatic N) is 5. The van der Waals surface area contributed by atoms with Gasteiger partial charge in [0, 0.05) is 24.4 Å². The first-order valence-corrected chi connectivity index (χ1v) is 10.4. The maximum atomic E-state index is 12.7. The molecule has 2 aromatic heterocycles. The zero-order chi connectivity index (χ0) is 18.9. The van der Waals surface area contributed by atoms with E-state index in [-0.39, 0.29) is 10.9 Å². The molecule has 0 spiro atoms. The van der Waals surface area contributed by atoms with E-state index in [0.717, 1.165) is 23.6 Å². The maximum Gasteiger partial charge on any atom is 0.243 e. The highest BCUT2D eigenvalue weighted by molar-refractivity contribution is 7.89. The molecule has 1 aliphatic rings. The van der Waals surface area contributed by atoms with Gasteiger partial charge in [-0.1, -0.05) is 37.3 Å². The van der Waals surface area contributed by atoms with Crippen molar-refractivity contribution in [1.29, 1.82) is 0 Å². The van der Waals surface area contributed by atoms with Gasteiger partial charge in [0.05, 0.1) is 18.9 Å². The van der Waals surface area contributed by atoms with E-state index in [0.29, 0.717) is 25.2 Å². The van der Waals surface area contributed by atoms with Crippen LogP contribution in [0.2, 0.25) is 0 Å². The highest BCUT2D eigenvalue weighted by atomic mass is 32.2. The van der Waals surface area contributed by atoms with Gasteiger partial charge in [-0.3, -0.25) is 0 Å². The minimum atomic E-state index is -3.70. The van der Waals surface area contributed by atoms with E-state index in [1.165, 1.54) is 12.4 Å². The highest BCUT2D eigenvalue weighted by Gasteiger charge is 2.26. The van der Waals surface area contributed by atoms with Crippen molar-refractivity contribution in [3.05, 3.63) is 54.4 Å². The van der Waals surface area contributed by atoms with Crippen molar-refractivity contribution in [2.45, 2.75) is 43.7 Å². The van der Waals surface area contributed by atoms with Crippen LogP contribution >= 0.6 is 0 Å². The van der Waals surface area contributed by atoms with Gasteiger partial charge < -0.3 is 0 Å². The second-order valence-corrected chi connectivity index (χ2v) is 8.16. The molecule has 1 N–H and O–H groups in total. The third-order valence-corrected chi connectivity index (χ3v) is 5.99. The molecule has 0 saturated carbocycles. The van der Waals surface area contributed by atoms with Crippen LogP contribution in [0.4, 0.5) is 0 Å². The molecular formula is C18H20N6O2S. The molecule has 140 valence electrons. The summed E-state index contributed by atoms with van der Waals surface area (Å²) in [5.74, 6) is 2.20. The van der Waals surface area contributed by atoms with Crippen molar-refractivity contribution in [3.8, 4) is 11.4 Å². The third-order valence-electron chi connectivity index (χ3n) is 4.51. The molecule has 0 fully saturated rings. The van der Waals surface area contributed by atoms with Crippen LogP contribution in [0, 0.1) is 0 Å². The van der Waals surface area contributed by atoms with Gasteiger partial charge in [0.2, 0.25) is 10.0 Å². The summed E-state index contributed by atoms with van der Waals surface area (Å²) in [5, 5.41) is 4.41. The second-order valence-electron chi connectivity index (χ2n) is 6.45. The van der Waals surface area contributed by atoms with E-state index in [1.54, 1.807) is 4.68 Å². The first-order chi connectivity index (χ1) is 13.0. The van der Waals surface area contributed by atoms with Crippen LogP contribution in [-0.2, 0) is 29.4 Å². The maximum absolute atomic E-state index is 12.7. The Balaban J connectivity index is 1.49. The van der Waals surface area contributed by atoms with Crippen LogP contribution in [0.1, 0.15) is 25.0 Å². The molecule has 3 heterocycles. The number of aryl methyl sites for hydroxylation is 2. The van der Waals surface area contributed by atoms with E-state index in [9.17, 15) is 8.42 Å². The third kappa shape index (κ3) is 3.74. The van der Waals surface area contributed by atoms with Crippen LogP contribution in [0.25, 0.3) is 11.4 Å². The molecule has 0 amide bonds. The van der Waals surface area contributed by atoms with Gasteiger partial charge in [0.25, 0.3) is 0 Å². The number of fused-ring (bicyclic) bond motifs is 1. The quantitative estimate of drug-likeness (QED) is 0.717. The van der Waals surface area contributed by atoms with Gasteiger partial charge in [0.15, 0.2) is 11.6 Å². The Kier molecular flexibility index (Phi) is 4.71. The monoisotopic (exact) mass is 384 g/mol. The predicted molar refractivity (Wildman–Crippen MR) is 99.3 cm³/mol. The largest absolute Gasteiger partial charge is 0.248 e. The lowest BCUT2D eigenvalue weighted by Crippen LogP contribution is -2.41. The van der Waals surface area contributed by atoms with Gasteiger partial charge in [0.1, 0.15) is 10.7 Å². The minimum absolute atomic E-state index is 0.0563. The molecule has 1 aliphatic heterocycles. The zero-order valence-electron chi connectivity index (χ0n) is 14.9. The molecular weight excluding hydrogens is 364 g/mol. The van der Waals surface area contributed by atoms with Crippen molar-refractivity contribution in [3.63, 3.8) is 0 Å². The van der Waals surface area contributed by atoms with Gasteiger partial charge in [-0.05, 0) is 6.42 Å². The van der Waals surface area contributed by atoms with E-state index < -0.39 is 10.0 Å². The highest BCUT2D eigenvalue weighted by Crippen LogP contribution is 2.18. The predicted octanol–water partition coefficient (Wildman–Crippen LogP) is 1.59. The molecule has 0 saturated heterocycles. The van der Waals surface area contributed by atoms with Crippen LogP contribution < -0.4 is 4.72 Å². The Morgan fingerprint density at radius 1 is 1.19 bits per heavy atom. The van der Waals surface area contributed by atoms with Gasteiger partial charge >= 0.3 is 0 Å². The fraction of sp³-hybridized carbons (Fsp3) is 0.333. The summed E-state index contributed by atoms with van der Waals surface area (Å²) in [6, 6.07) is 9.20.